The van der Waals surface area contributed by atoms with Crippen LogP contribution in [0.5, 0.6) is 5.75 Å². The van der Waals surface area contributed by atoms with Gasteiger partial charge >= 0.3 is 0 Å². The van der Waals surface area contributed by atoms with E-state index in [1.807, 2.05) is 0 Å². The second-order valence-corrected chi connectivity index (χ2v) is 5.88. The molecule has 120 valence electrons. The van der Waals surface area contributed by atoms with Gasteiger partial charge in [0.2, 0.25) is 0 Å². The third-order valence-electron chi connectivity index (χ3n) is 3.82. The summed E-state index contributed by atoms with van der Waals surface area (Å²) in [6.07, 6.45) is 0.187. The number of rotatable bonds is 10. The van der Waals surface area contributed by atoms with Crippen LogP contribution in [0.15, 0.2) is 24.3 Å². The maximum absolute atomic E-state index is 5.93. The molecular formula is C18H32N2O. The average Bonchev–Trinajstić information content (AvgIpc) is 2.48. The highest BCUT2D eigenvalue weighted by Gasteiger charge is 2.05. The maximum Gasteiger partial charge on any atom is 0.119 e. The fourth-order valence-corrected chi connectivity index (χ4v) is 2.29. The smallest absolute Gasteiger partial charge is 0.119 e. The van der Waals surface area contributed by atoms with Crippen molar-refractivity contribution in [1.29, 1.82) is 0 Å². The van der Waals surface area contributed by atoms with Gasteiger partial charge in [-0.25, -0.2) is 0 Å². The molecule has 0 amide bonds. The number of ether oxygens (including phenoxy) is 1. The summed E-state index contributed by atoms with van der Waals surface area (Å²) < 4.78 is 5.93. The lowest BCUT2D eigenvalue weighted by molar-refractivity contribution is 0.213. The molecule has 1 aromatic carbocycles. The Labute approximate surface area is 130 Å². The summed E-state index contributed by atoms with van der Waals surface area (Å²) in [7, 11) is 0. The van der Waals surface area contributed by atoms with Crippen LogP contribution in [0.1, 0.15) is 46.1 Å². The molecule has 0 heterocycles. The molecule has 1 N–H and O–H groups in total. The van der Waals surface area contributed by atoms with Crippen molar-refractivity contribution in [2.75, 3.05) is 32.7 Å². The van der Waals surface area contributed by atoms with Crippen LogP contribution in [-0.2, 0) is 0 Å². The van der Waals surface area contributed by atoms with E-state index in [-0.39, 0.29) is 6.10 Å². The van der Waals surface area contributed by atoms with Gasteiger partial charge in [0, 0.05) is 19.6 Å². The zero-order chi connectivity index (χ0) is 15.7. The van der Waals surface area contributed by atoms with E-state index in [1.165, 1.54) is 5.56 Å². The van der Waals surface area contributed by atoms with Gasteiger partial charge in [0.1, 0.15) is 11.9 Å². The predicted molar refractivity (Wildman–Crippen MR) is 91.3 cm³/mol. The molecule has 1 rings (SSSR count). The van der Waals surface area contributed by atoms with Gasteiger partial charge in [-0.05, 0) is 43.6 Å². The monoisotopic (exact) mass is 292 g/mol. The van der Waals surface area contributed by atoms with Gasteiger partial charge in [0.15, 0.2) is 0 Å². The second kappa shape index (κ2) is 9.80. The Hall–Kier alpha value is -1.06. The summed E-state index contributed by atoms with van der Waals surface area (Å²) in [5, 5.41) is 3.47. The summed E-state index contributed by atoms with van der Waals surface area (Å²) in [6.45, 7) is 16.2. The van der Waals surface area contributed by atoms with Crippen LogP contribution in [0.4, 0.5) is 0 Å². The highest BCUT2D eigenvalue weighted by atomic mass is 16.5. The Morgan fingerprint density at radius 3 is 2.19 bits per heavy atom. The van der Waals surface area contributed by atoms with Crippen molar-refractivity contribution in [2.24, 2.45) is 0 Å². The molecule has 1 atom stereocenters. The normalized spacial score (nSPS) is 12.9. The molecular weight excluding hydrogens is 260 g/mol. The average molecular weight is 292 g/mol. The van der Waals surface area contributed by atoms with Crippen LogP contribution < -0.4 is 10.1 Å². The van der Waals surface area contributed by atoms with Gasteiger partial charge in [0.05, 0.1) is 0 Å². The topological polar surface area (TPSA) is 24.5 Å². The summed E-state index contributed by atoms with van der Waals surface area (Å²) in [4.78, 5) is 2.42. The Morgan fingerprint density at radius 2 is 1.67 bits per heavy atom. The number of hydrogen-bond donors (Lipinski definition) is 1. The largest absolute Gasteiger partial charge is 0.489 e. The van der Waals surface area contributed by atoms with Crippen molar-refractivity contribution >= 4 is 0 Å². The van der Waals surface area contributed by atoms with Crippen LogP contribution in [0.25, 0.3) is 0 Å². The highest BCUT2D eigenvalue weighted by molar-refractivity contribution is 5.29. The van der Waals surface area contributed by atoms with Crippen LogP contribution >= 0.6 is 0 Å². The molecule has 0 radical (unpaired) electrons. The number of hydrogen-bond acceptors (Lipinski definition) is 3. The van der Waals surface area contributed by atoms with Crippen LogP contribution in [-0.4, -0.2) is 43.7 Å². The minimum Gasteiger partial charge on any atom is -0.489 e. The highest BCUT2D eigenvalue weighted by Crippen LogP contribution is 2.19. The number of likely N-dealkylation sites (N-methyl/N-ethyl adjacent to an activating group) is 1. The molecule has 0 aliphatic rings. The van der Waals surface area contributed by atoms with Crippen molar-refractivity contribution < 1.29 is 4.74 Å². The summed E-state index contributed by atoms with van der Waals surface area (Å²) >= 11 is 0. The van der Waals surface area contributed by atoms with E-state index in [0.29, 0.717) is 5.92 Å². The van der Waals surface area contributed by atoms with Gasteiger partial charge < -0.3 is 15.0 Å². The first kappa shape index (κ1) is 18.0. The molecule has 0 aliphatic heterocycles. The molecule has 0 bridgehead atoms. The van der Waals surface area contributed by atoms with E-state index < -0.39 is 0 Å². The van der Waals surface area contributed by atoms with Crippen molar-refractivity contribution in [3.63, 3.8) is 0 Å². The van der Waals surface area contributed by atoms with E-state index >= 15 is 0 Å². The summed E-state index contributed by atoms with van der Waals surface area (Å²) in [6, 6.07) is 8.45. The predicted octanol–water partition coefficient (Wildman–Crippen LogP) is 3.51. The fourth-order valence-electron chi connectivity index (χ4n) is 2.29. The van der Waals surface area contributed by atoms with Crippen LogP contribution in [0.2, 0.25) is 0 Å². The summed E-state index contributed by atoms with van der Waals surface area (Å²) in [5.41, 5.74) is 1.35. The Morgan fingerprint density at radius 1 is 1.05 bits per heavy atom. The molecule has 21 heavy (non-hydrogen) atoms. The Balaban J connectivity index is 2.25. The van der Waals surface area contributed by atoms with Crippen molar-refractivity contribution in [2.45, 2.75) is 46.6 Å². The van der Waals surface area contributed by atoms with Gasteiger partial charge in [-0.15, -0.1) is 0 Å². The zero-order valence-corrected chi connectivity index (χ0v) is 14.4. The molecule has 0 fully saturated rings. The SMILES string of the molecule is CCN(CC)CCNCC(C)Oc1ccc(C(C)C)cc1. The van der Waals surface area contributed by atoms with E-state index in [0.717, 1.165) is 38.5 Å². The number of benzene rings is 1. The molecule has 0 saturated heterocycles. The van der Waals surface area contributed by atoms with Crippen molar-refractivity contribution in [3.05, 3.63) is 29.8 Å². The molecule has 0 spiro atoms. The second-order valence-electron chi connectivity index (χ2n) is 5.88. The Kier molecular flexibility index (Phi) is 8.40. The molecule has 0 aromatic heterocycles. The first-order chi connectivity index (χ1) is 10.1. The fraction of sp³-hybridized carbons (Fsp3) is 0.667. The first-order valence-electron chi connectivity index (χ1n) is 8.26. The lowest BCUT2D eigenvalue weighted by Crippen LogP contribution is -2.36. The third kappa shape index (κ3) is 6.96. The molecule has 0 saturated carbocycles. The van der Waals surface area contributed by atoms with Gasteiger partial charge in [-0.3, -0.25) is 0 Å². The summed E-state index contributed by atoms with van der Waals surface area (Å²) in [5.74, 6) is 1.52. The maximum atomic E-state index is 5.93. The Bertz CT molecular complexity index is 371. The van der Waals surface area contributed by atoms with Crippen LogP contribution in [0, 0.1) is 0 Å². The molecule has 3 nitrogen and oxygen atoms in total. The van der Waals surface area contributed by atoms with E-state index in [1.54, 1.807) is 0 Å². The van der Waals surface area contributed by atoms with Crippen molar-refractivity contribution in [3.8, 4) is 5.75 Å². The minimum atomic E-state index is 0.187. The number of nitrogens with one attached hydrogen (secondary N) is 1. The molecule has 1 unspecified atom stereocenters. The standard InChI is InChI=1S/C18H32N2O/c1-6-20(7-2)13-12-19-14-16(5)21-18-10-8-17(9-11-18)15(3)4/h8-11,15-16,19H,6-7,12-14H2,1-5H3. The van der Waals surface area contributed by atoms with Gasteiger partial charge in [0.25, 0.3) is 0 Å². The van der Waals surface area contributed by atoms with Gasteiger partial charge in [-0.2, -0.15) is 0 Å². The van der Waals surface area contributed by atoms with E-state index in [2.05, 4.69) is 69.1 Å². The molecule has 0 aliphatic carbocycles. The zero-order valence-electron chi connectivity index (χ0n) is 14.4. The van der Waals surface area contributed by atoms with Gasteiger partial charge in [-0.1, -0.05) is 39.8 Å². The van der Waals surface area contributed by atoms with E-state index in [9.17, 15) is 0 Å². The van der Waals surface area contributed by atoms with Crippen LogP contribution in [0.3, 0.4) is 0 Å². The van der Waals surface area contributed by atoms with Crippen molar-refractivity contribution in [1.82, 2.24) is 10.2 Å². The minimum absolute atomic E-state index is 0.187. The first-order valence-corrected chi connectivity index (χ1v) is 8.26. The third-order valence-corrected chi connectivity index (χ3v) is 3.82. The molecule has 3 heteroatoms. The van der Waals surface area contributed by atoms with E-state index in [4.69, 9.17) is 4.74 Å². The number of nitrogens with zero attached hydrogens (tertiary/aromatic N) is 1. The molecule has 1 aromatic rings. The quantitative estimate of drug-likeness (QED) is 0.668. The lowest BCUT2D eigenvalue weighted by Gasteiger charge is -2.20. The lowest BCUT2D eigenvalue weighted by atomic mass is 10.0.